The van der Waals surface area contributed by atoms with Crippen molar-refractivity contribution in [1.29, 1.82) is 0 Å². The first kappa shape index (κ1) is 14.2. The summed E-state index contributed by atoms with van der Waals surface area (Å²) in [7, 11) is 0. The van der Waals surface area contributed by atoms with Gasteiger partial charge in [0.25, 0.3) is 0 Å². The Balaban J connectivity index is 1.80. The molecule has 19 heavy (non-hydrogen) atoms. The van der Waals surface area contributed by atoms with E-state index in [1.807, 2.05) is 24.3 Å². The highest BCUT2D eigenvalue weighted by Crippen LogP contribution is 2.17. The van der Waals surface area contributed by atoms with E-state index >= 15 is 0 Å². The molecule has 0 aliphatic carbocycles. The predicted molar refractivity (Wildman–Crippen MR) is 73.4 cm³/mol. The highest BCUT2D eigenvalue weighted by Gasteiger charge is 2.36. The second kappa shape index (κ2) is 5.81. The van der Waals surface area contributed by atoms with Crippen LogP contribution in [0.3, 0.4) is 0 Å². The summed E-state index contributed by atoms with van der Waals surface area (Å²) < 4.78 is 5.90. The minimum Gasteiger partial charge on any atom is -0.377 e. The molecule has 0 spiro atoms. The molecule has 6 heteroatoms. The number of hydrogen-bond donors (Lipinski definition) is 2. The number of carbonyl (C=O) groups excluding carboxylic acids is 2. The number of benzene rings is 1. The van der Waals surface area contributed by atoms with Crippen LogP contribution in [0.15, 0.2) is 28.7 Å². The van der Waals surface area contributed by atoms with Gasteiger partial charge in [0.05, 0.1) is 25.2 Å². The zero-order valence-electron chi connectivity index (χ0n) is 10.3. The molecule has 0 saturated carbocycles. The molecule has 0 aromatic heterocycles. The number of hydrogen-bond acceptors (Lipinski definition) is 4. The maximum atomic E-state index is 11.7. The smallest absolute Gasteiger partial charge is 0.230 e. The zero-order valence-corrected chi connectivity index (χ0v) is 11.9. The molecule has 1 saturated heterocycles. The summed E-state index contributed by atoms with van der Waals surface area (Å²) >= 11 is 3.32. The summed E-state index contributed by atoms with van der Waals surface area (Å²) in [6.45, 7) is 0.725. The Kier molecular flexibility index (Phi) is 4.34. The lowest BCUT2D eigenvalue weighted by atomic mass is 9.94. The van der Waals surface area contributed by atoms with Crippen molar-refractivity contribution >= 4 is 27.7 Å². The first-order valence-electron chi connectivity index (χ1n) is 5.91. The number of nitrogens with two attached hydrogens (primary N) is 1. The van der Waals surface area contributed by atoms with Crippen molar-refractivity contribution in [2.24, 2.45) is 5.73 Å². The molecule has 1 heterocycles. The van der Waals surface area contributed by atoms with Gasteiger partial charge in [-0.05, 0) is 17.7 Å². The van der Waals surface area contributed by atoms with Crippen molar-refractivity contribution in [3.05, 3.63) is 34.3 Å². The van der Waals surface area contributed by atoms with E-state index in [1.54, 1.807) is 0 Å². The number of nitrogens with one attached hydrogen (secondary N) is 1. The lowest BCUT2D eigenvalue weighted by molar-refractivity contribution is -0.134. The first-order chi connectivity index (χ1) is 8.97. The molecule has 5 nitrogen and oxygen atoms in total. The summed E-state index contributed by atoms with van der Waals surface area (Å²) in [5, 5.41) is 2.34. The van der Waals surface area contributed by atoms with Gasteiger partial charge in [0.1, 0.15) is 0 Å². The van der Waals surface area contributed by atoms with Crippen LogP contribution in [0.4, 0.5) is 0 Å². The molecule has 3 N–H and O–H groups in total. The quantitative estimate of drug-likeness (QED) is 0.855. The SMILES string of the molecule is NC1(CC(=O)NC(=O)Cc2ccc(Br)cc2)COC1. The number of imide groups is 1. The minimum absolute atomic E-state index is 0.110. The van der Waals surface area contributed by atoms with Crippen LogP contribution in [0, 0.1) is 0 Å². The number of amides is 2. The van der Waals surface area contributed by atoms with Crippen LogP contribution in [0.25, 0.3) is 0 Å². The van der Waals surface area contributed by atoms with Gasteiger partial charge in [-0.25, -0.2) is 0 Å². The topological polar surface area (TPSA) is 81.4 Å². The summed E-state index contributed by atoms with van der Waals surface area (Å²) in [6, 6.07) is 7.37. The van der Waals surface area contributed by atoms with Gasteiger partial charge in [0.2, 0.25) is 11.8 Å². The number of rotatable bonds is 4. The maximum Gasteiger partial charge on any atom is 0.230 e. The minimum atomic E-state index is -0.609. The van der Waals surface area contributed by atoms with Gasteiger partial charge in [-0.1, -0.05) is 28.1 Å². The highest BCUT2D eigenvalue weighted by atomic mass is 79.9. The zero-order chi connectivity index (χ0) is 13.9. The Morgan fingerprint density at radius 2 is 1.89 bits per heavy atom. The highest BCUT2D eigenvalue weighted by molar-refractivity contribution is 9.10. The first-order valence-corrected chi connectivity index (χ1v) is 6.70. The van der Waals surface area contributed by atoms with Gasteiger partial charge < -0.3 is 10.5 Å². The molecular weight excluding hydrogens is 312 g/mol. The van der Waals surface area contributed by atoms with Gasteiger partial charge in [-0.3, -0.25) is 14.9 Å². The molecule has 1 aliphatic heterocycles. The Labute approximate surface area is 119 Å². The van der Waals surface area contributed by atoms with Crippen LogP contribution in [0.1, 0.15) is 12.0 Å². The molecule has 1 aromatic carbocycles. The molecule has 0 radical (unpaired) electrons. The van der Waals surface area contributed by atoms with E-state index in [4.69, 9.17) is 10.5 Å². The van der Waals surface area contributed by atoms with E-state index in [2.05, 4.69) is 21.2 Å². The lowest BCUT2D eigenvalue weighted by Crippen LogP contribution is -2.59. The molecule has 1 aromatic rings. The third kappa shape index (κ3) is 4.12. The second-order valence-electron chi connectivity index (χ2n) is 4.81. The van der Waals surface area contributed by atoms with Crippen molar-refractivity contribution in [2.45, 2.75) is 18.4 Å². The third-order valence-electron chi connectivity index (χ3n) is 2.85. The third-order valence-corrected chi connectivity index (χ3v) is 3.38. The van der Waals surface area contributed by atoms with Crippen molar-refractivity contribution in [1.82, 2.24) is 5.32 Å². The van der Waals surface area contributed by atoms with E-state index in [1.165, 1.54) is 0 Å². The fraction of sp³-hybridized carbons (Fsp3) is 0.385. The van der Waals surface area contributed by atoms with Crippen LogP contribution in [0.5, 0.6) is 0 Å². The molecule has 0 atom stereocenters. The molecular formula is C13H15BrN2O3. The van der Waals surface area contributed by atoms with Crippen LogP contribution in [-0.2, 0) is 20.7 Å². The molecule has 1 aliphatic rings. The van der Waals surface area contributed by atoms with Crippen molar-refractivity contribution in [3.63, 3.8) is 0 Å². The van der Waals surface area contributed by atoms with Gasteiger partial charge in [-0.2, -0.15) is 0 Å². The van der Waals surface area contributed by atoms with Crippen LogP contribution < -0.4 is 11.1 Å². The van der Waals surface area contributed by atoms with Crippen LogP contribution >= 0.6 is 15.9 Å². The number of carbonyl (C=O) groups is 2. The summed E-state index contributed by atoms with van der Waals surface area (Å²) in [5.41, 5.74) is 6.09. The Bertz CT molecular complexity index is 483. The molecule has 0 unspecified atom stereocenters. The van der Waals surface area contributed by atoms with Gasteiger partial charge in [-0.15, -0.1) is 0 Å². The van der Waals surface area contributed by atoms with E-state index < -0.39 is 5.54 Å². The van der Waals surface area contributed by atoms with Crippen molar-refractivity contribution in [2.75, 3.05) is 13.2 Å². The lowest BCUT2D eigenvalue weighted by Gasteiger charge is -2.36. The Hall–Kier alpha value is -1.24. The normalized spacial score (nSPS) is 16.5. The van der Waals surface area contributed by atoms with Crippen LogP contribution in [0.2, 0.25) is 0 Å². The van der Waals surface area contributed by atoms with Crippen LogP contribution in [-0.4, -0.2) is 30.6 Å². The van der Waals surface area contributed by atoms with E-state index in [0.29, 0.717) is 13.2 Å². The van der Waals surface area contributed by atoms with Crippen molar-refractivity contribution < 1.29 is 14.3 Å². The molecule has 2 amide bonds. The van der Waals surface area contributed by atoms with Gasteiger partial charge in [0, 0.05) is 10.9 Å². The Morgan fingerprint density at radius 3 is 2.42 bits per heavy atom. The summed E-state index contributed by atoms with van der Waals surface area (Å²) in [5.74, 6) is -0.677. The number of ether oxygens (including phenoxy) is 1. The fourth-order valence-electron chi connectivity index (χ4n) is 1.82. The summed E-state index contributed by atoms with van der Waals surface area (Å²) in [6.07, 6.45) is 0.284. The predicted octanol–water partition coefficient (Wildman–Crippen LogP) is 0.752. The van der Waals surface area contributed by atoms with E-state index in [0.717, 1.165) is 10.0 Å². The molecule has 1 fully saturated rings. The fourth-order valence-corrected chi connectivity index (χ4v) is 2.08. The Morgan fingerprint density at radius 1 is 1.26 bits per heavy atom. The largest absolute Gasteiger partial charge is 0.377 e. The van der Waals surface area contributed by atoms with Crippen molar-refractivity contribution in [3.8, 4) is 0 Å². The van der Waals surface area contributed by atoms with Gasteiger partial charge >= 0.3 is 0 Å². The van der Waals surface area contributed by atoms with E-state index in [9.17, 15) is 9.59 Å². The number of halogens is 1. The maximum absolute atomic E-state index is 11.7. The summed E-state index contributed by atoms with van der Waals surface area (Å²) in [4.78, 5) is 23.3. The molecule has 2 rings (SSSR count). The average Bonchev–Trinajstić information content (AvgIpc) is 2.30. The average molecular weight is 327 g/mol. The monoisotopic (exact) mass is 326 g/mol. The molecule has 0 bridgehead atoms. The molecule has 102 valence electrons. The standard InChI is InChI=1S/C13H15BrN2O3/c14-10-3-1-9(2-4-10)5-11(17)16-12(18)6-13(15)7-19-8-13/h1-4H,5-8,15H2,(H,16,17,18). The second-order valence-corrected chi connectivity index (χ2v) is 5.72. The van der Waals surface area contributed by atoms with Gasteiger partial charge in [0.15, 0.2) is 0 Å². The van der Waals surface area contributed by atoms with E-state index in [-0.39, 0.29) is 24.7 Å².